The summed E-state index contributed by atoms with van der Waals surface area (Å²) in [4.78, 5) is 14.3. The second-order valence-corrected chi connectivity index (χ2v) is 7.80. The maximum absolute atomic E-state index is 13.3. The number of aryl methyl sites for hydroxylation is 1. The number of halogens is 1. The molecule has 2 aromatic carbocycles. The highest BCUT2D eigenvalue weighted by molar-refractivity contribution is 8.03. The number of nitriles is 1. The van der Waals surface area contributed by atoms with E-state index in [1.807, 2.05) is 31.2 Å². The van der Waals surface area contributed by atoms with Gasteiger partial charge in [0.2, 0.25) is 5.91 Å². The maximum atomic E-state index is 13.3. The van der Waals surface area contributed by atoms with Crippen molar-refractivity contribution in [1.82, 2.24) is 4.90 Å². The van der Waals surface area contributed by atoms with Crippen molar-refractivity contribution in [3.63, 3.8) is 0 Å². The molecule has 0 aliphatic carbocycles. The predicted octanol–water partition coefficient (Wildman–Crippen LogP) is 3.78. The van der Waals surface area contributed by atoms with E-state index in [1.165, 1.54) is 40.9 Å². The molecule has 27 heavy (non-hydrogen) atoms. The van der Waals surface area contributed by atoms with Crippen molar-refractivity contribution in [2.75, 3.05) is 5.75 Å². The van der Waals surface area contributed by atoms with Gasteiger partial charge in [0.1, 0.15) is 5.82 Å². The molecule has 6 heteroatoms. The lowest BCUT2D eigenvalue weighted by Gasteiger charge is -2.38. The number of allylic oxidation sites excluding steroid dienone is 1. The average Bonchev–Trinajstić information content (AvgIpc) is 3.02. The number of aliphatic hydroxyl groups is 1. The summed E-state index contributed by atoms with van der Waals surface area (Å²) in [6.45, 7) is 1.98. The van der Waals surface area contributed by atoms with E-state index in [0.717, 1.165) is 11.1 Å². The Morgan fingerprint density at radius 2 is 1.89 bits per heavy atom. The molecule has 0 unspecified atom stereocenters. The maximum Gasteiger partial charge on any atom is 0.231 e. The Morgan fingerprint density at radius 3 is 2.52 bits per heavy atom. The summed E-state index contributed by atoms with van der Waals surface area (Å²) in [5.74, 6) is -0.777. The second-order valence-electron chi connectivity index (χ2n) is 6.84. The van der Waals surface area contributed by atoms with Crippen LogP contribution in [-0.2, 0) is 10.5 Å². The predicted molar refractivity (Wildman–Crippen MR) is 101 cm³/mol. The van der Waals surface area contributed by atoms with E-state index in [1.54, 1.807) is 0 Å². The zero-order valence-corrected chi connectivity index (χ0v) is 15.5. The Balaban J connectivity index is 1.79. The molecule has 4 rings (SSSR count). The monoisotopic (exact) mass is 380 g/mol. The fourth-order valence-electron chi connectivity index (χ4n) is 3.64. The topological polar surface area (TPSA) is 64.3 Å². The number of nitrogens with zero attached hydrogens (tertiary/aromatic N) is 2. The molecule has 1 fully saturated rings. The number of amides is 1. The standard InChI is InChI=1S/C21H17FN2O2S/c1-13-2-4-14(5-3-13)17-10-19(25)24-20(18(17)11-23)27-12-21(24,26)15-6-8-16(22)9-7-15/h2-9,17,26H,10,12H2,1H3/t17-,21-/m0/s1. The van der Waals surface area contributed by atoms with Crippen molar-refractivity contribution < 1.29 is 14.3 Å². The van der Waals surface area contributed by atoms with Gasteiger partial charge in [0.05, 0.1) is 22.4 Å². The van der Waals surface area contributed by atoms with Gasteiger partial charge >= 0.3 is 0 Å². The number of hydrogen-bond donors (Lipinski definition) is 1. The van der Waals surface area contributed by atoms with Gasteiger partial charge in [-0.2, -0.15) is 5.26 Å². The Hall–Kier alpha value is -2.62. The molecule has 2 aliphatic rings. The first-order valence-corrected chi connectivity index (χ1v) is 9.57. The van der Waals surface area contributed by atoms with Crippen LogP contribution in [0.2, 0.25) is 0 Å². The summed E-state index contributed by atoms with van der Waals surface area (Å²) in [7, 11) is 0. The normalized spacial score (nSPS) is 24.7. The molecule has 2 atom stereocenters. The SMILES string of the molecule is Cc1ccc([C@@H]2CC(=O)N3C(=C2C#N)SC[C@]3(O)c2ccc(F)cc2)cc1. The van der Waals surface area contributed by atoms with E-state index in [4.69, 9.17) is 0 Å². The Morgan fingerprint density at radius 1 is 1.22 bits per heavy atom. The fraction of sp³-hybridized carbons (Fsp3) is 0.238. The Kier molecular flexibility index (Phi) is 4.29. The van der Waals surface area contributed by atoms with Gasteiger partial charge in [0.25, 0.3) is 0 Å². The highest BCUT2D eigenvalue weighted by Gasteiger charge is 2.51. The van der Waals surface area contributed by atoms with Crippen molar-refractivity contribution in [2.45, 2.75) is 25.0 Å². The zero-order valence-electron chi connectivity index (χ0n) is 14.6. The molecule has 0 spiro atoms. The van der Waals surface area contributed by atoms with Gasteiger partial charge in [-0.25, -0.2) is 4.39 Å². The van der Waals surface area contributed by atoms with Crippen LogP contribution < -0.4 is 0 Å². The minimum Gasteiger partial charge on any atom is -0.366 e. The van der Waals surface area contributed by atoms with E-state index in [9.17, 15) is 19.6 Å². The highest BCUT2D eigenvalue weighted by atomic mass is 32.2. The van der Waals surface area contributed by atoms with Crippen LogP contribution in [0.5, 0.6) is 0 Å². The van der Waals surface area contributed by atoms with Crippen LogP contribution in [0.4, 0.5) is 4.39 Å². The molecule has 0 saturated carbocycles. The third-order valence-electron chi connectivity index (χ3n) is 5.10. The van der Waals surface area contributed by atoms with Gasteiger partial charge in [-0.15, -0.1) is 11.8 Å². The fourth-order valence-corrected chi connectivity index (χ4v) is 5.00. The van der Waals surface area contributed by atoms with Crippen molar-refractivity contribution >= 4 is 17.7 Å². The van der Waals surface area contributed by atoms with E-state index in [2.05, 4.69) is 6.07 Å². The average molecular weight is 380 g/mol. The lowest BCUT2D eigenvalue weighted by Crippen LogP contribution is -2.48. The molecule has 0 radical (unpaired) electrons. The molecule has 136 valence electrons. The Labute approximate surface area is 160 Å². The van der Waals surface area contributed by atoms with Gasteiger partial charge in [0, 0.05) is 17.9 Å². The molecule has 1 amide bonds. The largest absolute Gasteiger partial charge is 0.366 e. The van der Waals surface area contributed by atoms with Crippen molar-refractivity contribution in [3.05, 3.63) is 81.6 Å². The molecule has 1 saturated heterocycles. The van der Waals surface area contributed by atoms with Gasteiger partial charge in [-0.1, -0.05) is 42.0 Å². The molecule has 2 heterocycles. The summed E-state index contributed by atoms with van der Waals surface area (Å²) in [6, 6.07) is 15.5. The van der Waals surface area contributed by atoms with Crippen LogP contribution in [0, 0.1) is 24.1 Å². The molecule has 0 bridgehead atoms. The molecule has 0 aromatic heterocycles. The van der Waals surface area contributed by atoms with Crippen LogP contribution >= 0.6 is 11.8 Å². The third kappa shape index (κ3) is 2.84. The molecule has 4 nitrogen and oxygen atoms in total. The summed E-state index contributed by atoms with van der Waals surface area (Å²) < 4.78 is 13.3. The number of fused-ring (bicyclic) bond motifs is 1. The minimum absolute atomic E-state index is 0.111. The molecular formula is C21H17FN2O2S. The number of thioether (sulfide) groups is 1. The van der Waals surface area contributed by atoms with Crippen LogP contribution in [-0.4, -0.2) is 21.7 Å². The van der Waals surface area contributed by atoms with Gasteiger partial charge < -0.3 is 5.11 Å². The van der Waals surface area contributed by atoms with E-state index in [0.29, 0.717) is 16.2 Å². The van der Waals surface area contributed by atoms with Gasteiger partial charge in [-0.05, 0) is 24.6 Å². The highest BCUT2D eigenvalue weighted by Crippen LogP contribution is 2.51. The van der Waals surface area contributed by atoms with Crippen LogP contribution in [0.25, 0.3) is 0 Å². The van der Waals surface area contributed by atoms with E-state index in [-0.39, 0.29) is 24.0 Å². The van der Waals surface area contributed by atoms with E-state index < -0.39 is 11.5 Å². The lowest BCUT2D eigenvalue weighted by atomic mass is 9.85. The molecule has 2 aromatic rings. The smallest absolute Gasteiger partial charge is 0.231 e. The molecule has 1 N–H and O–H groups in total. The van der Waals surface area contributed by atoms with Crippen molar-refractivity contribution in [2.24, 2.45) is 0 Å². The zero-order chi connectivity index (χ0) is 19.2. The van der Waals surface area contributed by atoms with Gasteiger partial charge in [-0.3, -0.25) is 9.69 Å². The van der Waals surface area contributed by atoms with Crippen LogP contribution in [0.1, 0.15) is 29.0 Å². The number of rotatable bonds is 2. The van der Waals surface area contributed by atoms with E-state index >= 15 is 0 Å². The minimum atomic E-state index is -1.58. The number of carbonyl (C=O) groups is 1. The number of benzene rings is 2. The summed E-state index contributed by atoms with van der Waals surface area (Å²) in [6.07, 6.45) is 0.111. The number of hydrogen-bond acceptors (Lipinski definition) is 4. The number of carbonyl (C=O) groups excluding carboxylic acids is 1. The first kappa shape index (κ1) is 17.8. The molecule has 2 aliphatic heterocycles. The molecular weight excluding hydrogens is 363 g/mol. The van der Waals surface area contributed by atoms with Crippen molar-refractivity contribution in [3.8, 4) is 6.07 Å². The van der Waals surface area contributed by atoms with Gasteiger partial charge in [0.15, 0.2) is 5.72 Å². The Bertz CT molecular complexity index is 979. The van der Waals surface area contributed by atoms with Crippen molar-refractivity contribution in [1.29, 1.82) is 5.26 Å². The summed E-state index contributed by atoms with van der Waals surface area (Å²) in [5, 5.41) is 21.5. The first-order valence-electron chi connectivity index (χ1n) is 8.59. The summed E-state index contributed by atoms with van der Waals surface area (Å²) >= 11 is 1.29. The summed E-state index contributed by atoms with van der Waals surface area (Å²) in [5.41, 5.74) is 1.36. The van der Waals surface area contributed by atoms with Crippen LogP contribution in [0.15, 0.2) is 59.1 Å². The van der Waals surface area contributed by atoms with Crippen LogP contribution in [0.3, 0.4) is 0 Å². The second kappa shape index (κ2) is 6.52. The quantitative estimate of drug-likeness (QED) is 0.861. The lowest BCUT2D eigenvalue weighted by molar-refractivity contribution is -0.149. The first-order chi connectivity index (χ1) is 12.9. The third-order valence-corrected chi connectivity index (χ3v) is 6.32.